The molecule has 2 aromatic rings. The van der Waals surface area contributed by atoms with E-state index < -0.39 is 16.6 Å². The molecule has 9 heteroatoms. The Balaban J connectivity index is 1.81. The lowest BCUT2D eigenvalue weighted by Crippen LogP contribution is -2.47. The molecule has 1 fully saturated rings. The molecule has 1 amide bonds. The molecular formula is C16H16FN5O3. The van der Waals surface area contributed by atoms with Crippen molar-refractivity contribution in [2.45, 2.75) is 0 Å². The fraction of sp³-hybridized carbons (Fsp3) is 0.250. The van der Waals surface area contributed by atoms with E-state index in [1.165, 1.54) is 12.1 Å². The van der Waals surface area contributed by atoms with Crippen molar-refractivity contribution in [2.75, 3.05) is 36.0 Å². The second-order valence-corrected chi connectivity index (χ2v) is 5.60. The molecule has 1 saturated heterocycles. The van der Waals surface area contributed by atoms with Crippen LogP contribution in [0.4, 0.5) is 21.6 Å². The summed E-state index contributed by atoms with van der Waals surface area (Å²) in [7, 11) is 0. The number of carbonyl (C=O) groups excluding carboxylic acids is 1. The van der Waals surface area contributed by atoms with E-state index in [9.17, 15) is 19.3 Å². The van der Waals surface area contributed by atoms with Crippen LogP contribution in [-0.4, -0.2) is 42.0 Å². The molecule has 0 spiro atoms. The molecule has 0 saturated carbocycles. The summed E-state index contributed by atoms with van der Waals surface area (Å²) in [6.07, 6.45) is 1.57. The van der Waals surface area contributed by atoms with Crippen LogP contribution >= 0.6 is 0 Å². The first kappa shape index (κ1) is 16.6. The third kappa shape index (κ3) is 3.35. The molecular weight excluding hydrogens is 329 g/mol. The molecule has 0 radical (unpaired) electrons. The number of aromatic nitrogens is 1. The quantitative estimate of drug-likeness (QED) is 0.666. The molecule has 1 aromatic heterocycles. The van der Waals surface area contributed by atoms with E-state index in [0.717, 1.165) is 6.07 Å². The van der Waals surface area contributed by atoms with Crippen molar-refractivity contribution in [2.24, 2.45) is 5.73 Å². The number of hydrogen-bond donors (Lipinski definition) is 1. The predicted molar refractivity (Wildman–Crippen MR) is 90.2 cm³/mol. The number of benzene rings is 1. The molecule has 1 aliphatic heterocycles. The minimum atomic E-state index is -0.564. The van der Waals surface area contributed by atoms with E-state index in [1.54, 1.807) is 23.2 Å². The van der Waals surface area contributed by atoms with Gasteiger partial charge in [0.2, 0.25) is 0 Å². The van der Waals surface area contributed by atoms with Gasteiger partial charge in [-0.1, -0.05) is 0 Å². The van der Waals surface area contributed by atoms with Crippen LogP contribution in [0.15, 0.2) is 36.5 Å². The first-order chi connectivity index (χ1) is 12.0. The predicted octanol–water partition coefficient (Wildman–Crippen LogP) is 1.55. The normalized spacial score (nSPS) is 14.4. The third-order valence-corrected chi connectivity index (χ3v) is 4.11. The summed E-state index contributed by atoms with van der Waals surface area (Å²) < 4.78 is 13.5. The lowest BCUT2D eigenvalue weighted by atomic mass is 10.2. The Morgan fingerprint density at radius 2 is 1.88 bits per heavy atom. The fourth-order valence-electron chi connectivity index (χ4n) is 2.90. The zero-order chi connectivity index (χ0) is 18.0. The molecule has 1 aromatic carbocycles. The van der Waals surface area contributed by atoms with Gasteiger partial charge in [0, 0.05) is 44.5 Å². The maximum Gasteiger partial charge on any atom is 0.292 e. The van der Waals surface area contributed by atoms with Gasteiger partial charge in [0.25, 0.3) is 11.6 Å². The molecule has 0 unspecified atom stereocenters. The zero-order valence-corrected chi connectivity index (χ0v) is 13.3. The van der Waals surface area contributed by atoms with E-state index in [1.807, 2.05) is 4.90 Å². The SMILES string of the molecule is NC(=O)c1cccnc1N1CCN(c2cc(F)ccc2[N+](=O)[O-])CC1. The Bertz CT molecular complexity index is 821. The first-order valence-electron chi connectivity index (χ1n) is 7.66. The summed E-state index contributed by atoms with van der Waals surface area (Å²) in [5.74, 6) is -0.599. The van der Waals surface area contributed by atoms with Crippen LogP contribution in [0.25, 0.3) is 0 Å². The molecule has 0 atom stereocenters. The molecule has 2 N–H and O–H groups in total. The maximum absolute atomic E-state index is 13.5. The molecule has 2 heterocycles. The number of nitrogens with zero attached hydrogens (tertiary/aromatic N) is 4. The number of halogens is 1. The molecule has 130 valence electrons. The lowest BCUT2D eigenvalue weighted by Gasteiger charge is -2.36. The minimum absolute atomic E-state index is 0.134. The number of carbonyl (C=O) groups is 1. The van der Waals surface area contributed by atoms with Gasteiger partial charge in [0.05, 0.1) is 10.5 Å². The molecule has 0 aliphatic carbocycles. The Morgan fingerprint density at radius 3 is 2.52 bits per heavy atom. The van der Waals surface area contributed by atoms with Gasteiger partial charge in [0.1, 0.15) is 17.3 Å². The second-order valence-electron chi connectivity index (χ2n) is 5.60. The standard InChI is InChI=1S/C16H16FN5O3/c17-11-3-4-13(22(24)25)14(10-11)20-6-8-21(9-7-20)16-12(15(18)23)2-1-5-19-16/h1-5,10H,6-9H2,(H2,18,23). The Labute approximate surface area is 142 Å². The van der Waals surface area contributed by atoms with Gasteiger partial charge in [-0.05, 0) is 18.2 Å². The van der Waals surface area contributed by atoms with E-state index in [-0.39, 0.29) is 11.4 Å². The van der Waals surface area contributed by atoms with Crippen molar-refractivity contribution in [1.29, 1.82) is 0 Å². The van der Waals surface area contributed by atoms with Crippen LogP contribution in [0.3, 0.4) is 0 Å². The van der Waals surface area contributed by atoms with Gasteiger partial charge in [0.15, 0.2) is 0 Å². The monoisotopic (exact) mass is 345 g/mol. The number of pyridine rings is 1. The van der Waals surface area contributed by atoms with Gasteiger partial charge in [-0.2, -0.15) is 0 Å². The van der Waals surface area contributed by atoms with Crippen LogP contribution in [0.5, 0.6) is 0 Å². The number of nitro benzene ring substituents is 1. The summed E-state index contributed by atoms with van der Waals surface area (Å²) in [6.45, 7) is 1.81. The summed E-state index contributed by atoms with van der Waals surface area (Å²) in [5, 5.41) is 11.2. The van der Waals surface area contributed by atoms with Crippen molar-refractivity contribution in [1.82, 2.24) is 4.98 Å². The number of amides is 1. The highest BCUT2D eigenvalue weighted by Gasteiger charge is 2.26. The van der Waals surface area contributed by atoms with Gasteiger partial charge < -0.3 is 15.5 Å². The highest BCUT2D eigenvalue weighted by molar-refractivity contribution is 5.97. The number of nitrogens with two attached hydrogens (primary N) is 1. The Hall–Kier alpha value is -3.23. The van der Waals surface area contributed by atoms with Crippen molar-refractivity contribution in [3.63, 3.8) is 0 Å². The van der Waals surface area contributed by atoms with Gasteiger partial charge in [-0.3, -0.25) is 14.9 Å². The van der Waals surface area contributed by atoms with Gasteiger partial charge in [-0.15, -0.1) is 0 Å². The van der Waals surface area contributed by atoms with Crippen LogP contribution in [0.1, 0.15) is 10.4 Å². The van der Waals surface area contributed by atoms with E-state index >= 15 is 0 Å². The van der Waals surface area contributed by atoms with Gasteiger partial charge in [-0.25, -0.2) is 9.37 Å². The summed E-state index contributed by atoms with van der Waals surface area (Å²) in [5.41, 5.74) is 5.82. The zero-order valence-electron chi connectivity index (χ0n) is 13.3. The van der Waals surface area contributed by atoms with Crippen LogP contribution in [0.2, 0.25) is 0 Å². The highest BCUT2D eigenvalue weighted by atomic mass is 19.1. The highest BCUT2D eigenvalue weighted by Crippen LogP contribution is 2.30. The van der Waals surface area contributed by atoms with Gasteiger partial charge >= 0.3 is 0 Å². The molecule has 1 aliphatic rings. The van der Waals surface area contributed by atoms with Crippen molar-refractivity contribution in [3.8, 4) is 0 Å². The number of piperazine rings is 1. The van der Waals surface area contributed by atoms with E-state index in [4.69, 9.17) is 5.73 Å². The second kappa shape index (κ2) is 6.71. The lowest BCUT2D eigenvalue weighted by molar-refractivity contribution is -0.384. The fourth-order valence-corrected chi connectivity index (χ4v) is 2.90. The minimum Gasteiger partial charge on any atom is -0.365 e. The number of primary amides is 1. The Morgan fingerprint density at radius 1 is 1.20 bits per heavy atom. The maximum atomic E-state index is 13.5. The number of nitro groups is 1. The smallest absolute Gasteiger partial charge is 0.292 e. The summed E-state index contributed by atoms with van der Waals surface area (Å²) in [4.78, 5) is 30.0. The van der Waals surface area contributed by atoms with Crippen molar-refractivity contribution >= 4 is 23.1 Å². The molecule has 3 rings (SSSR count). The molecule has 25 heavy (non-hydrogen) atoms. The molecule has 8 nitrogen and oxygen atoms in total. The third-order valence-electron chi connectivity index (χ3n) is 4.11. The van der Waals surface area contributed by atoms with Crippen LogP contribution in [-0.2, 0) is 0 Å². The Kier molecular flexibility index (Phi) is 4.46. The number of rotatable bonds is 4. The number of anilines is 2. The molecule has 0 bridgehead atoms. The van der Waals surface area contributed by atoms with Crippen LogP contribution in [0, 0.1) is 15.9 Å². The average Bonchev–Trinajstić information content (AvgIpc) is 2.61. The van der Waals surface area contributed by atoms with Crippen LogP contribution < -0.4 is 15.5 Å². The first-order valence-corrected chi connectivity index (χ1v) is 7.66. The topological polar surface area (TPSA) is 106 Å². The average molecular weight is 345 g/mol. The van der Waals surface area contributed by atoms with E-state index in [2.05, 4.69) is 4.98 Å². The largest absolute Gasteiger partial charge is 0.365 e. The summed E-state index contributed by atoms with van der Waals surface area (Å²) in [6, 6.07) is 6.65. The van der Waals surface area contributed by atoms with E-state index in [0.29, 0.717) is 37.6 Å². The number of hydrogen-bond acceptors (Lipinski definition) is 6. The van der Waals surface area contributed by atoms with Crippen molar-refractivity contribution in [3.05, 3.63) is 58.0 Å². The van der Waals surface area contributed by atoms with Crippen molar-refractivity contribution < 1.29 is 14.1 Å². The summed E-state index contributed by atoms with van der Waals surface area (Å²) >= 11 is 0.